The summed E-state index contributed by atoms with van der Waals surface area (Å²) in [4.78, 5) is 0. The second-order valence-electron chi connectivity index (χ2n) is 9.74. The Bertz CT molecular complexity index is 520. The highest BCUT2D eigenvalue weighted by Crippen LogP contribution is 2.58. The zero-order valence-corrected chi connectivity index (χ0v) is 15.4. The maximum absolute atomic E-state index is 10.6. The van der Waals surface area contributed by atoms with Gasteiger partial charge in [0.2, 0.25) is 0 Å². The first-order valence-electron chi connectivity index (χ1n) is 9.83. The van der Waals surface area contributed by atoms with Gasteiger partial charge in [-0.15, -0.1) is 0 Å². The highest BCUT2D eigenvalue weighted by atomic mass is 16.5. The minimum absolute atomic E-state index is 0.198. The average Bonchev–Trinajstić information content (AvgIpc) is 2.46. The molecule has 1 heterocycles. The van der Waals surface area contributed by atoms with Crippen molar-refractivity contribution in [3.63, 3.8) is 0 Å². The van der Waals surface area contributed by atoms with E-state index in [1.165, 1.54) is 44.1 Å². The van der Waals surface area contributed by atoms with Gasteiger partial charge in [-0.1, -0.05) is 26.3 Å². The van der Waals surface area contributed by atoms with Crippen LogP contribution >= 0.6 is 0 Å². The molecule has 2 bridgehead atoms. The van der Waals surface area contributed by atoms with Gasteiger partial charge < -0.3 is 9.84 Å². The fourth-order valence-electron chi connectivity index (χ4n) is 6.55. The summed E-state index contributed by atoms with van der Waals surface area (Å²) in [6.07, 6.45) is 9.05. The molecule has 3 fully saturated rings. The molecule has 3 unspecified atom stereocenters. The van der Waals surface area contributed by atoms with Gasteiger partial charge in [-0.05, 0) is 80.1 Å². The van der Waals surface area contributed by atoms with Crippen LogP contribution in [-0.2, 0) is 4.74 Å². The van der Waals surface area contributed by atoms with Crippen LogP contribution in [0.3, 0.4) is 0 Å². The standard InChI is InChI=1S/C21H34O2/c1-13-16-7-9-21(4)10-8-19-15(12-23-19)17(21)6-5-14(11-18(13)22)20(16,2)3/h14-15,17-19,22H,5-12H2,1-4H3/t14?,15?,17-,18?,19-,21-/m1/s1. The van der Waals surface area contributed by atoms with E-state index in [2.05, 4.69) is 27.7 Å². The van der Waals surface area contributed by atoms with E-state index in [-0.39, 0.29) is 11.5 Å². The van der Waals surface area contributed by atoms with Gasteiger partial charge in [0.15, 0.2) is 0 Å². The molecule has 2 saturated carbocycles. The summed E-state index contributed by atoms with van der Waals surface area (Å²) >= 11 is 0. The third kappa shape index (κ3) is 2.35. The van der Waals surface area contributed by atoms with Gasteiger partial charge in [-0.2, -0.15) is 0 Å². The quantitative estimate of drug-likeness (QED) is 0.655. The van der Waals surface area contributed by atoms with Gasteiger partial charge in [-0.3, -0.25) is 0 Å². The Hall–Kier alpha value is -0.340. The first-order valence-corrected chi connectivity index (χ1v) is 9.83. The molecular weight excluding hydrogens is 284 g/mol. The van der Waals surface area contributed by atoms with Crippen molar-refractivity contribution in [1.82, 2.24) is 0 Å². The SMILES string of the molecule is CC1=C2CC[C@]3(C)CC[C@H]4OCC4[C@H]3CCC(CC1O)C2(C)C. The van der Waals surface area contributed by atoms with Crippen molar-refractivity contribution in [3.8, 4) is 0 Å². The fraction of sp³-hybridized carbons (Fsp3) is 0.905. The van der Waals surface area contributed by atoms with Crippen molar-refractivity contribution in [3.05, 3.63) is 11.1 Å². The van der Waals surface area contributed by atoms with E-state index < -0.39 is 0 Å². The summed E-state index contributed by atoms with van der Waals surface area (Å²) in [6.45, 7) is 10.6. The van der Waals surface area contributed by atoms with Crippen LogP contribution < -0.4 is 0 Å². The van der Waals surface area contributed by atoms with Gasteiger partial charge in [-0.25, -0.2) is 0 Å². The summed E-state index contributed by atoms with van der Waals surface area (Å²) in [7, 11) is 0. The number of rotatable bonds is 0. The van der Waals surface area contributed by atoms with E-state index in [0.29, 0.717) is 17.4 Å². The molecule has 2 heteroatoms. The topological polar surface area (TPSA) is 29.5 Å². The lowest BCUT2D eigenvalue weighted by molar-refractivity contribution is -0.192. The summed E-state index contributed by atoms with van der Waals surface area (Å²) < 4.78 is 5.84. The zero-order chi connectivity index (χ0) is 16.4. The summed E-state index contributed by atoms with van der Waals surface area (Å²) in [5.74, 6) is 2.29. The largest absolute Gasteiger partial charge is 0.389 e. The van der Waals surface area contributed by atoms with Crippen LogP contribution in [0.25, 0.3) is 0 Å². The number of aliphatic hydroxyl groups is 1. The first-order chi connectivity index (χ1) is 10.8. The molecule has 1 aliphatic heterocycles. The Morgan fingerprint density at radius 2 is 1.87 bits per heavy atom. The molecule has 0 radical (unpaired) electrons. The molecule has 1 saturated heterocycles. The molecule has 0 aromatic rings. The minimum atomic E-state index is -0.198. The van der Waals surface area contributed by atoms with Crippen molar-refractivity contribution < 1.29 is 9.84 Å². The molecule has 0 amide bonds. The lowest BCUT2D eigenvalue weighted by atomic mass is 9.57. The van der Waals surface area contributed by atoms with Crippen LogP contribution in [0.15, 0.2) is 11.1 Å². The summed E-state index contributed by atoms with van der Waals surface area (Å²) in [5.41, 5.74) is 3.61. The number of hydrogen-bond acceptors (Lipinski definition) is 2. The Morgan fingerprint density at radius 1 is 1.09 bits per heavy atom. The van der Waals surface area contributed by atoms with Crippen molar-refractivity contribution in [2.24, 2.45) is 28.6 Å². The van der Waals surface area contributed by atoms with E-state index in [9.17, 15) is 5.11 Å². The van der Waals surface area contributed by atoms with Gasteiger partial charge in [0.1, 0.15) is 0 Å². The minimum Gasteiger partial charge on any atom is -0.389 e. The molecule has 6 atom stereocenters. The number of hydrogen-bond donors (Lipinski definition) is 1. The van der Waals surface area contributed by atoms with Gasteiger partial charge in [0.05, 0.1) is 18.8 Å². The lowest BCUT2D eigenvalue weighted by Gasteiger charge is -2.54. The van der Waals surface area contributed by atoms with Crippen molar-refractivity contribution in [2.75, 3.05) is 6.61 Å². The summed E-state index contributed by atoms with van der Waals surface area (Å²) in [5, 5.41) is 10.6. The molecular formula is C21H34O2. The Morgan fingerprint density at radius 3 is 2.57 bits per heavy atom. The Balaban J connectivity index is 1.69. The second-order valence-corrected chi connectivity index (χ2v) is 9.74. The third-order valence-electron chi connectivity index (χ3n) is 8.45. The van der Waals surface area contributed by atoms with E-state index in [1.54, 1.807) is 5.57 Å². The number of ether oxygens (including phenoxy) is 1. The van der Waals surface area contributed by atoms with Crippen LogP contribution in [0.4, 0.5) is 0 Å². The van der Waals surface area contributed by atoms with Gasteiger partial charge >= 0.3 is 0 Å². The number of allylic oxidation sites excluding steroid dienone is 1. The van der Waals surface area contributed by atoms with E-state index >= 15 is 0 Å². The smallest absolute Gasteiger partial charge is 0.0753 e. The van der Waals surface area contributed by atoms with Crippen molar-refractivity contribution in [1.29, 1.82) is 0 Å². The Kier molecular flexibility index (Phi) is 3.74. The maximum Gasteiger partial charge on any atom is 0.0753 e. The monoisotopic (exact) mass is 318 g/mol. The van der Waals surface area contributed by atoms with Crippen LogP contribution in [0.1, 0.15) is 72.6 Å². The third-order valence-corrected chi connectivity index (χ3v) is 8.45. The van der Waals surface area contributed by atoms with E-state index in [4.69, 9.17) is 4.74 Å². The molecule has 23 heavy (non-hydrogen) atoms. The van der Waals surface area contributed by atoms with Crippen LogP contribution in [0.5, 0.6) is 0 Å². The predicted molar refractivity (Wildman–Crippen MR) is 93.1 cm³/mol. The average molecular weight is 319 g/mol. The van der Waals surface area contributed by atoms with E-state index in [1.807, 2.05) is 0 Å². The van der Waals surface area contributed by atoms with E-state index in [0.717, 1.165) is 24.9 Å². The molecule has 2 nitrogen and oxygen atoms in total. The van der Waals surface area contributed by atoms with Crippen LogP contribution in [-0.4, -0.2) is 23.9 Å². The highest BCUT2D eigenvalue weighted by molar-refractivity contribution is 5.28. The second kappa shape index (κ2) is 5.33. The lowest BCUT2D eigenvalue weighted by Crippen LogP contribution is -2.53. The molecule has 4 aliphatic rings. The molecule has 4 rings (SSSR count). The summed E-state index contributed by atoms with van der Waals surface area (Å²) in [6, 6.07) is 0. The maximum atomic E-state index is 10.6. The molecule has 0 aromatic heterocycles. The van der Waals surface area contributed by atoms with Crippen molar-refractivity contribution >= 4 is 0 Å². The number of aliphatic hydroxyl groups excluding tert-OH is 1. The van der Waals surface area contributed by atoms with Gasteiger partial charge in [0.25, 0.3) is 0 Å². The molecule has 130 valence electrons. The number of fused-ring (bicyclic) bond motifs is 5. The fourth-order valence-corrected chi connectivity index (χ4v) is 6.55. The predicted octanol–water partition coefficient (Wildman–Crippen LogP) is 4.72. The molecule has 3 aliphatic carbocycles. The zero-order valence-electron chi connectivity index (χ0n) is 15.4. The molecule has 1 N–H and O–H groups in total. The molecule has 0 spiro atoms. The normalized spacial score (nSPS) is 49.2. The van der Waals surface area contributed by atoms with Crippen LogP contribution in [0.2, 0.25) is 0 Å². The van der Waals surface area contributed by atoms with Gasteiger partial charge in [0, 0.05) is 5.92 Å². The molecule has 0 aromatic carbocycles. The first kappa shape index (κ1) is 16.1. The highest BCUT2D eigenvalue weighted by Gasteiger charge is 2.52. The van der Waals surface area contributed by atoms with Crippen LogP contribution in [0, 0.1) is 28.6 Å². The van der Waals surface area contributed by atoms with Crippen molar-refractivity contribution in [2.45, 2.75) is 84.8 Å². The Labute approximate surface area is 141 Å².